The number of nitro benzene ring substituents is 1. The Kier molecular flexibility index (Phi) is 5.35. The fraction of sp³-hybridized carbons (Fsp3) is 0.0588. The SMILES string of the molecule is CC(/C=C/c1ccccc1)=NNC(=O)c1ccc([N+](=O)[O-])cc1. The lowest BCUT2D eigenvalue weighted by Gasteiger charge is -2.00. The summed E-state index contributed by atoms with van der Waals surface area (Å²) in [5, 5.41) is 14.5. The Labute approximate surface area is 133 Å². The molecule has 0 spiro atoms. The van der Waals surface area contributed by atoms with Gasteiger partial charge in [-0.3, -0.25) is 14.9 Å². The van der Waals surface area contributed by atoms with Crippen molar-refractivity contribution in [2.45, 2.75) is 6.92 Å². The van der Waals surface area contributed by atoms with Gasteiger partial charge in [0, 0.05) is 17.7 Å². The maximum absolute atomic E-state index is 11.9. The van der Waals surface area contributed by atoms with E-state index in [1.807, 2.05) is 36.4 Å². The molecule has 0 saturated heterocycles. The first-order valence-electron chi connectivity index (χ1n) is 6.88. The molecule has 0 heterocycles. The van der Waals surface area contributed by atoms with E-state index in [-0.39, 0.29) is 5.69 Å². The second-order valence-electron chi connectivity index (χ2n) is 4.74. The van der Waals surface area contributed by atoms with Crippen LogP contribution in [0.15, 0.2) is 65.8 Å². The van der Waals surface area contributed by atoms with Crippen LogP contribution in [0, 0.1) is 10.1 Å². The number of nitro groups is 1. The summed E-state index contributed by atoms with van der Waals surface area (Å²) in [6, 6.07) is 15.0. The monoisotopic (exact) mass is 309 g/mol. The average molecular weight is 309 g/mol. The van der Waals surface area contributed by atoms with Gasteiger partial charge >= 0.3 is 0 Å². The molecule has 2 aromatic carbocycles. The number of nitrogens with zero attached hydrogens (tertiary/aromatic N) is 2. The maximum atomic E-state index is 11.9. The molecule has 0 saturated carbocycles. The first kappa shape index (κ1) is 16.1. The van der Waals surface area contributed by atoms with Crippen LogP contribution in [-0.2, 0) is 0 Å². The summed E-state index contributed by atoms with van der Waals surface area (Å²) in [6.07, 6.45) is 3.67. The van der Waals surface area contributed by atoms with Crippen LogP contribution in [0.4, 0.5) is 5.69 Å². The summed E-state index contributed by atoms with van der Waals surface area (Å²) < 4.78 is 0. The quantitative estimate of drug-likeness (QED) is 0.522. The predicted octanol–water partition coefficient (Wildman–Crippen LogP) is 3.41. The molecular formula is C17H15N3O3. The molecule has 23 heavy (non-hydrogen) atoms. The normalized spacial score (nSPS) is 11.4. The third-order valence-electron chi connectivity index (χ3n) is 2.99. The Morgan fingerprint density at radius 3 is 2.39 bits per heavy atom. The summed E-state index contributed by atoms with van der Waals surface area (Å²) in [5.41, 5.74) is 4.31. The summed E-state index contributed by atoms with van der Waals surface area (Å²) in [5.74, 6) is -0.424. The lowest BCUT2D eigenvalue weighted by Crippen LogP contribution is -2.18. The third-order valence-corrected chi connectivity index (χ3v) is 2.99. The number of hydrogen-bond acceptors (Lipinski definition) is 4. The molecular weight excluding hydrogens is 294 g/mol. The Bertz CT molecular complexity index is 750. The van der Waals surface area contributed by atoms with Gasteiger partial charge in [0.1, 0.15) is 0 Å². The van der Waals surface area contributed by atoms with Crippen molar-refractivity contribution in [3.63, 3.8) is 0 Å². The molecule has 6 nitrogen and oxygen atoms in total. The number of nitrogens with one attached hydrogen (secondary N) is 1. The van der Waals surface area contributed by atoms with Gasteiger partial charge in [-0.05, 0) is 30.7 Å². The molecule has 2 rings (SSSR count). The van der Waals surface area contributed by atoms with E-state index < -0.39 is 10.8 Å². The fourth-order valence-corrected chi connectivity index (χ4v) is 1.76. The summed E-state index contributed by atoms with van der Waals surface area (Å²) in [7, 11) is 0. The van der Waals surface area contributed by atoms with Gasteiger partial charge < -0.3 is 0 Å². The van der Waals surface area contributed by atoms with Crippen molar-refractivity contribution in [3.05, 3.63) is 81.9 Å². The molecule has 0 bridgehead atoms. The lowest BCUT2D eigenvalue weighted by atomic mass is 10.2. The van der Waals surface area contributed by atoms with Gasteiger partial charge in [-0.2, -0.15) is 5.10 Å². The zero-order chi connectivity index (χ0) is 16.7. The molecule has 0 radical (unpaired) electrons. The second kappa shape index (κ2) is 7.65. The van der Waals surface area contributed by atoms with E-state index in [4.69, 9.17) is 0 Å². The number of rotatable bonds is 5. The number of hydrogen-bond donors (Lipinski definition) is 1. The van der Waals surface area contributed by atoms with E-state index in [1.165, 1.54) is 24.3 Å². The fourth-order valence-electron chi connectivity index (χ4n) is 1.76. The van der Waals surface area contributed by atoms with Crippen molar-refractivity contribution >= 4 is 23.4 Å². The highest BCUT2D eigenvalue weighted by molar-refractivity contribution is 5.99. The number of carbonyl (C=O) groups excluding carboxylic acids is 1. The van der Waals surface area contributed by atoms with Crippen LogP contribution < -0.4 is 5.43 Å². The molecule has 6 heteroatoms. The van der Waals surface area contributed by atoms with E-state index >= 15 is 0 Å². The number of benzene rings is 2. The molecule has 0 unspecified atom stereocenters. The molecule has 0 aromatic heterocycles. The van der Waals surface area contributed by atoms with Crippen molar-refractivity contribution in [3.8, 4) is 0 Å². The molecule has 0 aliphatic rings. The largest absolute Gasteiger partial charge is 0.271 e. The van der Waals surface area contributed by atoms with Crippen LogP contribution in [0.3, 0.4) is 0 Å². The van der Waals surface area contributed by atoms with Gasteiger partial charge in [0.2, 0.25) is 0 Å². The molecule has 1 amide bonds. The van der Waals surface area contributed by atoms with Gasteiger partial charge in [-0.15, -0.1) is 0 Å². The molecule has 0 aliphatic carbocycles. The van der Waals surface area contributed by atoms with Gasteiger partial charge in [0.25, 0.3) is 11.6 Å². The molecule has 2 aromatic rings. The minimum atomic E-state index is -0.516. The third kappa shape index (κ3) is 4.89. The molecule has 0 aliphatic heterocycles. The van der Waals surface area contributed by atoms with Gasteiger partial charge in [-0.1, -0.05) is 36.4 Å². The van der Waals surface area contributed by atoms with Crippen molar-refractivity contribution < 1.29 is 9.72 Å². The Morgan fingerprint density at radius 1 is 1.13 bits per heavy atom. The number of non-ortho nitro benzene ring substituents is 1. The zero-order valence-corrected chi connectivity index (χ0v) is 12.5. The summed E-state index contributed by atoms with van der Waals surface area (Å²) in [6.45, 7) is 1.76. The lowest BCUT2D eigenvalue weighted by molar-refractivity contribution is -0.384. The van der Waals surface area contributed by atoms with Crippen LogP contribution in [0.5, 0.6) is 0 Å². The van der Waals surface area contributed by atoms with E-state index in [1.54, 1.807) is 13.0 Å². The van der Waals surface area contributed by atoms with Crippen molar-refractivity contribution in [1.29, 1.82) is 0 Å². The van der Waals surface area contributed by atoms with Crippen LogP contribution in [0.1, 0.15) is 22.8 Å². The van der Waals surface area contributed by atoms with Crippen molar-refractivity contribution in [2.24, 2.45) is 5.10 Å². The molecule has 0 fully saturated rings. The summed E-state index contributed by atoms with van der Waals surface area (Å²) >= 11 is 0. The van der Waals surface area contributed by atoms with Gasteiger partial charge in [0.05, 0.1) is 10.6 Å². The number of carbonyl (C=O) groups is 1. The van der Waals surface area contributed by atoms with Crippen LogP contribution in [0.2, 0.25) is 0 Å². The van der Waals surface area contributed by atoms with E-state index in [2.05, 4.69) is 10.5 Å². The number of allylic oxidation sites excluding steroid dienone is 1. The second-order valence-corrected chi connectivity index (χ2v) is 4.74. The maximum Gasteiger partial charge on any atom is 0.271 e. The molecule has 0 atom stereocenters. The molecule has 1 N–H and O–H groups in total. The first-order chi connectivity index (χ1) is 11.1. The number of amides is 1. The van der Waals surface area contributed by atoms with Crippen LogP contribution in [0.25, 0.3) is 6.08 Å². The highest BCUT2D eigenvalue weighted by Gasteiger charge is 2.08. The Balaban J connectivity index is 1.97. The number of hydrazone groups is 1. The topological polar surface area (TPSA) is 84.6 Å². The average Bonchev–Trinajstić information content (AvgIpc) is 2.58. The molecule has 116 valence electrons. The minimum absolute atomic E-state index is 0.0629. The minimum Gasteiger partial charge on any atom is -0.267 e. The Hall–Kier alpha value is -3.28. The first-order valence-corrected chi connectivity index (χ1v) is 6.88. The van der Waals surface area contributed by atoms with Gasteiger partial charge in [0.15, 0.2) is 0 Å². The standard InChI is InChI=1S/C17H15N3O3/c1-13(7-8-14-5-3-2-4-6-14)18-19-17(21)15-9-11-16(12-10-15)20(22)23/h2-12H,1H3,(H,19,21)/b8-7+,18-13?. The van der Waals surface area contributed by atoms with Crippen molar-refractivity contribution in [2.75, 3.05) is 0 Å². The summed E-state index contributed by atoms with van der Waals surface area (Å²) in [4.78, 5) is 21.9. The van der Waals surface area contributed by atoms with Gasteiger partial charge in [-0.25, -0.2) is 5.43 Å². The van der Waals surface area contributed by atoms with Crippen LogP contribution >= 0.6 is 0 Å². The van der Waals surface area contributed by atoms with Crippen molar-refractivity contribution in [1.82, 2.24) is 5.43 Å². The smallest absolute Gasteiger partial charge is 0.267 e. The van der Waals surface area contributed by atoms with E-state index in [0.29, 0.717) is 11.3 Å². The highest BCUT2D eigenvalue weighted by Crippen LogP contribution is 2.11. The van der Waals surface area contributed by atoms with Crippen LogP contribution in [-0.4, -0.2) is 16.5 Å². The highest BCUT2D eigenvalue weighted by atomic mass is 16.6. The van der Waals surface area contributed by atoms with E-state index in [0.717, 1.165) is 5.56 Å². The zero-order valence-electron chi connectivity index (χ0n) is 12.5. The Morgan fingerprint density at radius 2 is 1.78 bits per heavy atom. The van der Waals surface area contributed by atoms with E-state index in [9.17, 15) is 14.9 Å². The predicted molar refractivity (Wildman–Crippen MR) is 89.1 cm³/mol.